The third-order valence-corrected chi connectivity index (χ3v) is 1.87. The molecule has 0 unspecified atom stereocenters. The van der Waals surface area contributed by atoms with E-state index in [1.807, 2.05) is 0 Å². The van der Waals surface area contributed by atoms with Crippen LogP contribution in [0.4, 0.5) is 0 Å². The Kier molecular flexibility index (Phi) is 2.86. The summed E-state index contributed by atoms with van der Waals surface area (Å²) in [7, 11) is 0. The Morgan fingerprint density at radius 2 is 2.58 bits per heavy atom. The highest BCUT2D eigenvalue weighted by atomic mass is 79.9. The van der Waals surface area contributed by atoms with Gasteiger partial charge in [-0.2, -0.15) is 5.10 Å². The van der Waals surface area contributed by atoms with Crippen LogP contribution in [0.5, 0.6) is 0 Å². The van der Waals surface area contributed by atoms with Gasteiger partial charge < -0.3 is 9.90 Å². The molecule has 1 aromatic heterocycles. The first-order valence-corrected chi connectivity index (χ1v) is 4.27. The number of carboxylic acids is 1. The van der Waals surface area contributed by atoms with Crippen LogP contribution in [-0.4, -0.2) is 15.7 Å². The van der Waals surface area contributed by atoms with Crippen molar-refractivity contribution in [1.29, 1.82) is 0 Å². The number of carbonyl (C=O) groups is 1. The van der Waals surface area contributed by atoms with Gasteiger partial charge in [-0.3, -0.25) is 4.68 Å². The summed E-state index contributed by atoms with van der Waals surface area (Å²) in [4.78, 5) is 10.3. The van der Waals surface area contributed by atoms with Gasteiger partial charge in [-0.15, -0.1) is 0 Å². The molecule has 0 amide bonds. The van der Waals surface area contributed by atoms with Crippen molar-refractivity contribution >= 4 is 21.9 Å². The van der Waals surface area contributed by atoms with Gasteiger partial charge in [0.25, 0.3) is 0 Å². The van der Waals surface area contributed by atoms with E-state index < -0.39 is 11.9 Å². The third kappa shape index (κ3) is 2.34. The molecule has 0 spiro atoms. The van der Waals surface area contributed by atoms with E-state index in [4.69, 9.17) is 0 Å². The fourth-order valence-electron chi connectivity index (χ4n) is 0.793. The molecule has 0 aliphatic carbocycles. The van der Waals surface area contributed by atoms with E-state index in [2.05, 4.69) is 21.0 Å². The molecular weight excluding hydrogens is 224 g/mol. The minimum atomic E-state index is -1.05. The summed E-state index contributed by atoms with van der Waals surface area (Å²) in [5.74, 6) is -1.57. The Hall–Kier alpha value is -0.840. The van der Waals surface area contributed by atoms with Crippen molar-refractivity contribution in [3.8, 4) is 0 Å². The number of halogens is 1. The molecule has 1 atom stereocenters. The third-order valence-electron chi connectivity index (χ3n) is 1.47. The lowest BCUT2D eigenvalue weighted by atomic mass is 10.2. The molecule has 0 aromatic carbocycles. The Bertz CT molecular complexity index is 285. The van der Waals surface area contributed by atoms with Gasteiger partial charge in [-0.25, -0.2) is 0 Å². The molecule has 0 fully saturated rings. The van der Waals surface area contributed by atoms with Crippen LogP contribution >= 0.6 is 15.9 Å². The summed E-state index contributed by atoms with van der Waals surface area (Å²) in [6, 6.07) is 0. The molecule has 1 aromatic rings. The monoisotopic (exact) mass is 231 g/mol. The summed E-state index contributed by atoms with van der Waals surface area (Å²) in [5, 5.41) is 14.3. The molecule has 0 radical (unpaired) electrons. The maximum absolute atomic E-state index is 10.3. The molecule has 1 heterocycles. The number of carboxylic acid groups (broad SMARTS) is 1. The van der Waals surface area contributed by atoms with E-state index in [1.165, 1.54) is 0 Å². The first kappa shape index (κ1) is 9.25. The molecule has 0 bridgehead atoms. The zero-order valence-electron chi connectivity index (χ0n) is 6.53. The van der Waals surface area contributed by atoms with Gasteiger partial charge in [0.05, 0.1) is 10.7 Å². The molecule has 4 nitrogen and oxygen atoms in total. The summed E-state index contributed by atoms with van der Waals surface area (Å²) in [6.07, 6.45) is 3.33. The van der Waals surface area contributed by atoms with Crippen LogP contribution in [0.1, 0.15) is 6.92 Å². The molecule has 1 rings (SSSR count). The van der Waals surface area contributed by atoms with Gasteiger partial charge in [0, 0.05) is 24.6 Å². The zero-order valence-corrected chi connectivity index (χ0v) is 8.11. The first-order chi connectivity index (χ1) is 5.59. The topological polar surface area (TPSA) is 58.0 Å². The molecular formula is C7H8BrN2O2-. The Labute approximate surface area is 78.3 Å². The molecule has 0 aliphatic rings. The Morgan fingerprint density at radius 3 is 3.00 bits per heavy atom. The molecule has 0 saturated carbocycles. The standard InChI is InChI=1S/C7H9BrN2O2/c1-5(7(11)12)3-10-4-6(8)2-9-10/h2,4-5H,3H2,1H3,(H,11,12)/p-1/t5-/m0/s1. The van der Waals surface area contributed by atoms with Gasteiger partial charge in [0.2, 0.25) is 0 Å². The number of nitrogens with zero attached hydrogens (tertiary/aromatic N) is 2. The van der Waals surface area contributed by atoms with Crippen molar-refractivity contribution in [3.05, 3.63) is 16.9 Å². The van der Waals surface area contributed by atoms with E-state index in [1.54, 1.807) is 24.0 Å². The summed E-state index contributed by atoms with van der Waals surface area (Å²) >= 11 is 3.21. The molecule has 12 heavy (non-hydrogen) atoms. The lowest BCUT2D eigenvalue weighted by Crippen LogP contribution is -2.32. The van der Waals surface area contributed by atoms with Crippen molar-refractivity contribution in [2.75, 3.05) is 0 Å². The van der Waals surface area contributed by atoms with E-state index in [0.29, 0.717) is 6.54 Å². The predicted molar refractivity (Wildman–Crippen MR) is 44.1 cm³/mol. The maximum atomic E-state index is 10.3. The first-order valence-electron chi connectivity index (χ1n) is 3.48. The van der Waals surface area contributed by atoms with E-state index in [-0.39, 0.29) is 0 Å². The number of aliphatic carboxylic acids is 1. The van der Waals surface area contributed by atoms with Crippen molar-refractivity contribution in [2.45, 2.75) is 13.5 Å². The van der Waals surface area contributed by atoms with Crippen molar-refractivity contribution < 1.29 is 9.90 Å². The Balaban J connectivity index is 2.58. The fraction of sp³-hybridized carbons (Fsp3) is 0.429. The molecule has 0 saturated heterocycles. The van der Waals surface area contributed by atoms with E-state index in [9.17, 15) is 9.90 Å². The molecule has 66 valence electrons. The molecule has 0 aliphatic heterocycles. The highest BCUT2D eigenvalue weighted by Crippen LogP contribution is 2.07. The van der Waals surface area contributed by atoms with Crippen molar-refractivity contribution in [3.63, 3.8) is 0 Å². The second-order valence-electron chi connectivity index (χ2n) is 2.60. The maximum Gasteiger partial charge on any atom is 0.0632 e. The molecule has 5 heteroatoms. The number of hydrogen-bond acceptors (Lipinski definition) is 3. The SMILES string of the molecule is C[C@@H](Cn1cc(Br)cn1)C(=O)[O-]. The predicted octanol–water partition coefficient (Wildman–Crippen LogP) is 0.0316. The lowest BCUT2D eigenvalue weighted by molar-refractivity contribution is -0.311. The van der Waals surface area contributed by atoms with Crippen LogP contribution < -0.4 is 5.11 Å². The van der Waals surface area contributed by atoms with E-state index >= 15 is 0 Å². The normalized spacial score (nSPS) is 12.8. The van der Waals surface area contributed by atoms with Crippen LogP contribution in [0.2, 0.25) is 0 Å². The van der Waals surface area contributed by atoms with Crippen molar-refractivity contribution in [1.82, 2.24) is 9.78 Å². The fourth-order valence-corrected chi connectivity index (χ4v) is 1.12. The van der Waals surface area contributed by atoms with Gasteiger partial charge in [-0.1, -0.05) is 6.92 Å². The van der Waals surface area contributed by atoms with Crippen LogP contribution in [0.15, 0.2) is 16.9 Å². The zero-order chi connectivity index (χ0) is 9.14. The smallest absolute Gasteiger partial charge is 0.0632 e. The minimum Gasteiger partial charge on any atom is -0.550 e. The average Bonchev–Trinajstić information content (AvgIpc) is 2.35. The number of rotatable bonds is 3. The van der Waals surface area contributed by atoms with Crippen molar-refractivity contribution in [2.24, 2.45) is 5.92 Å². The second-order valence-corrected chi connectivity index (χ2v) is 3.52. The largest absolute Gasteiger partial charge is 0.550 e. The van der Waals surface area contributed by atoms with Crippen LogP contribution in [0, 0.1) is 5.92 Å². The highest BCUT2D eigenvalue weighted by Gasteiger charge is 2.04. The van der Waals surface area contributed by atoms with E-state index in [0.717, 1.165) is 4.47 Å². The van der Waals surface area contributed by atoms with Gasteiger partial charge >= 0.3 is 0 Å². The second kappa shape index (κ2) is 3.71. The highest BCUT2D eigenvalue weighted by molar-refractivity contribution is 9.10. The average molecular weight is 232 g/mol. The summed E-state index contributed by atoms with van der Waals surface area (Å²) < 4.78 is 2.40. The van der Waals surface area contributed by atoms with Gasteiger partial charge in [-0.05, 0) is 15.9 Å². The lowest BCUT2D eigenvalue weighted by Gasteiger charge is -2.11. The van der Waals surface area contributed by atoms with Crippen LogP contribution in [0.25, 0.3) is 0 Å². The quantitative estimate of drug-likeness (QED) is 0.738. The number of aromatic nitrogens is 2. The minimum absolute atomic E-state index is 0.341. The Morgan fingerprint density at radius 1 is 1.92 bits per heavy atom. The molecule has 0 N–H and O–H groups in total. The summed E-state index contributed by atoms with van der Waals surface area (Å²) in [5.41, 5.74) is 0. The van der Waals surface area contributed by atoms with Crippen LogP contribution in [-0.2, 0) is 11.3 Å². The van der Waals surface area contributed by atoms with Gasteiger partial charge in [0.1, 0.15) is 0 Å². The van der Waals surface area contributed by atoms with Gasteiger partial charge in [0.15, 0.2) is 0 Å². The number of carbonyl (C=O) groups excluding carboxylic acids is 1. The number of hydrogen-bond donors (Lipinski definition) is 0. The van der Waals surface area contributed by atoms with Crippen LogP contribution in [0.3, 0.4) is 0 Å². The summed E-state index contributed by atoms with van der Waals surface area (Å²) in [6.45, 7) is 1.93.